The highest BCUT2D eigenvalue weighted by atomic mass is 16.5. The van der Waals surface area contributed by atoms with Crippen molar-refractivity contribution in [2.75, 3.05) is 27.4 Å². The van der Waals surface area contributed by atoms with E-state index >= 15 is 0 Å². The largest absolute Gasteiger partial charge is 0.497 e. The summed E-state index contributed by atoms with van der Waals surface area (Å²) < 4.78 is 15.3. The van der Waals surface area contributed by atoms with Crippen LogP contribution in [-0.2, 0) is 9.53 Å². The molecule has 7 heteroatoms. The Kier molecular flexibility index (Phi) is 6.91. The van der Waals surface area contributed by atoms with E-state index in [9.17, 15) is 9.59 Å². The van der Waals surface area contributed by atoms with Crippen LogP contribution in [0.3, 0.4) is 0 Å². The molecule has 7 nitrogen and oxygen atoms in total. The zero-order valence-corrected chi connectivity index (χ0v) is 12.5. The van der Waals surface area contributed by atoms with Gasteiger partial charge in [-0.2, -0.15) is 0 Å². The first-order valence-electron chi connectivity index (χ1n) is 6.47. The summed E-state index contributed by atoms with van der Waals surface area (Å²) in [6.45, 7) is 3.60. The summed E-state index contributed by atoms with van der Waals surface area (Å²) in [5.41, 5.74) is 0.199. The Balaban J connectivity index is 2.99. The van der Waals surface area contributed by atoms with Crippen molar-refractivity contribution < 1.29 is 28.9 Å². The Labute approximate surface area is 128 Å². The number of carboxylic acid groups (broad SMARTS) is 1. The maximum absolute atomic E-state index is 12.2. The molecular weight excluding hydrogens is 290 g/mol. The minimum absolute atomic E-state index is 0.139. The van der Waals surface area contributed by atoms with E-state index in [1.54, 1.807) is 12.1 Å². The van der Waals surface area contributed by atoms with Crippen molar-refractivity contribution in [2.45, 2.75) is 6.04 Å². The van der Waals surface area contributed by atoms with Gasteiger partial charge in [-0.3, -0.25) is 4.79 Å². The van der Waals surface area contributed by atoms with Gasteiger partial charge in [-0.15, -0.1) is 0 Å². The Morgan fingerprint density at radius 2 is 2.14 bits per heavy atom. The highest BCUT2D eigenvalue weighted by Gasteiger charge is 2.22. The lowest BCUT2D eigenvalue weighted by atomic mass is 10.1. The molecule has 1 unspecified atom stereocenters. The smallest absolute Gasteiger partial charge is 0.328 e. The summed E-state index contributed by atoms with van der Waals surface area (Å²) in [6, 6.07) is 3.48. The Morgan fingerprint density at radius 3 is 2.68 bits per heavy atom. The van der Waals surface area contributed by atoms with Crippen molar-refractivity contribution in [3.8, 4) is 11.5 Å². The van der Waals surface area contributed by atoms with Crippen LogP contribution in [-0.4, -0.2) is 50.5 Å². The van der Waals surface area contributed by atoms with Crippen molar-refractivity contribution >= 4 is 11.9 Å². The van der Waals surface area contributed by atoms with Crippen LogP contribution in [0.1, 0.15) is 10.4 Å². The number of rotatable bonds is 9. The van der Waals surface area contributed by atoms with Gasteiger partial charge in [-0.25, -0.2) is 4.79 Å². The van der Waals surface area contributed by atoms with E-state index in [-0.39, 0.29) is 24.5 Å². The normalized spacial score (nSPS) is 11.4. The number of carbonyl (C=O) groups excluding carboxylic acids is 1. The molecule has 120 valence electrons. The van der Waals surface area contributed by atoms with E-state index < -0.39 is 17.9 Å². The second-order valence-electron chi connectivity index (χ2n) is 4.28. The monoisotopic (exact) mass is 309 g/mol. The third-order valence-corrected chi connectivity index (χ3v) is 2.73. The zero-order valence-electron chi connectivity index (χ0n) is 12.5. The standard InChI is InChI=1S/C15H19NO6/c1-4-7-22-13-8-10(21-3)5-6-11(13)14(17)16-12(9-20-2)15(18)19/h4-6,8,12H,1,7,9H2,2-3H3,(H,16,17)(H,18,19). The van der Waals surface area contributed by atoms with Gasteiger partial charge in [0.25, 0.3) is 5.91 Å². The van der Waals surface area contributed by atoms with Crippen LogP contribution in [0.2, 0.25) is 0 Å². The second kappa shape index (κ2) is 8.68. The number of nitrogens with one attached hydrogen (secondary N) is 1. The lowest BCUT2D eigenvalue weighted by Gasteiger charge is -2.16. The van der Waals surface area contributed by atoms with Gasteiger partial charge in [0.1, 0.15) is 18.1 Å². The summed E-state index contributed by atoms with van der Waals surface area (Å²) in [4.78, 5) is 23.3. The summed E-state index contributed by atoms with van der Waals surface area (Å²) in [7, 11) is 2.85. The van der Waals surface area contributed by atoms with Gasteiger partial charge in [0, 0.05) is 13.2 Å². The minimum atomic E-state index is -1.18. The maximum Gasteiger partial charge on any atom is 0.328 e. The molecule has 0 bridgehead atoms. The molecule has 0 aliphatic heterocycles. The van der Waals surface area contributed by atoms with Crippen LogP contribution in [0.5, 0.6) is 11.5 Å². The fourth-order valence-corrected chi connectivity index (χ4v) is 1.66. The first-order valence-corrected chi connectivity index (χ1v) is 6.47. The van der Waals surface area contributed by atoms with Gasteiger partial charge in [0.2, 0.25) is 0 Å². The molecule has 1 amide bonds. The third-order valence-electron chi connectivity index (χ3n) is 2.73. The molecule has 0 saturated carbocycles. The van der Waals surface area contributed by atoms with Crippen LogP contribution in [0.15, 0.2) is 30.9 Å². The fourth-order valence-electron chi connectivity index (χ4n) is 1.66. The molecule has 0 heterocycles. The number of amides is 1. The molecule has 0 aliphatic carbocycles. The molecule has 1 aromatic rings. The topological polar surface area (TPSA) is 94.1 Å². The molecule has 2 N–H and O–H groups in total. The predicted molar refractivity (Wildman–Crippen MR) is 79.5 cm³/mol. The molecule has 0 spiro atoms. The van der Waals surface area contributed by atoms with E-state index in [1.165, 1.54) is 26.4 Å². The molecule has 1 atom stereocenters. The van der Waals surface area contributed by atoms with Crippen LogP contribution in [0.4, 0.5) is 0 Å². The molecular formula is C15H19NO6. The average molecular weight is 309 g/mol. The summed E-state index contributed by atoms with van der Waals surface area (Å²) in [5.74, 6) is -0.968. The van der Waals surface area contributed by atoms with Crippen molar-refractivity contribution in [1.29, 1.82) is 0 Å². The van der Waals surface area contributed by atoms with Crippen molar-refractivity contribution in [1.82, 2.24) is 5.32 Å². The molecule has 22 heavy (non-hydrogen) atoms. The second-order valence-corrected chi connectivity index (χ2v) is 4.28. The number of hydrogen-bond acceptors (Lipinski definition) is 5. The van der Waals surface area contributed by atoms with Crippen molar-refractivity contribution in [3.05, 3.63) is 36.4 Å². The Hall–Kier alpha value is -2.54. The summed E-state index contributed by atoms with van der Waals surface area (Å²) in [5, 5.41) is 11.4. The average Bonchev–Trinajstić information content (AvgIpc) is 2.51. The quantitative estimate of drug-likeness (QED) is 0.663. The number of benzene rings is 1. The fraction of sp³-hybridized carbons (Fsp3) is 0.333. The van der Waals surface area contributed by atoms with E-state index in [2.05, 4.69) is 11.9 Å². The minimum Gasteiger partial charge on any atom is -0.497 e. The highest BCUT2D eigenvalue weighted by molar-refractivity contribution is 5.99. The zero-order chi connectivity index (χ0) is 16.5. The van der Waals surface area contributed by atoms with Crippen LogP contribution in [0, 0.1) is 0 Å². The van der Waals surface area contributed by atoms with Crippen molar-refractivity contribution in [3.63, 3.8) is 0 Å². The Morgan fingerprint density at radius 1 is 1.41 bits per heavy atom. The molecule has 0 radical (unpaired) electrons. The maximum atomic E-state index is 12.2. The van der Waals surface area contributed by atoms with Gasteiger partial charge < -0.3 is 24.6 Å². The number of hydrogen-bond donors (Lipinski definition) is 2. The molecule has 1 rings (SSSR count). The number of methoxy groups -OCH3 is 2. The molecule has 0 fully saturated rings. The van der Waals surface area contributed by atoms with E-state index in [4.69, 9.17) is 19.3 Å². The third kappa shape index (κ3) is 4.78. The van der Waals surface area contributed by atoms with Gasteiger partial charge in [-0.1, -0.05) is 12.7 Å². The number of aliphatic carboxylic acids is 1. The predicted octanol–water partition coefficient (Wildman–Crippen LogP) is 1.09. The van der Waals surface area contributed by atoms with Gasteiger partial charge in [0.05, 0.1) is 19.3 Å². The highest BCUT2D eigenvalue weighted by Crippen LogP contribution is 2.25. The van der Waals surface area contributed by atoms with Gasteiger partial charge in [-0.05, 0) is 12.1 Å². The first kappa shape index (κ1) is 17.5. The first-order chi connectivity index (χ1) is 10.5. The Bertz CT molecular complexity index is 543. The molecule has 0 aliphatic rings. The van der Waals surface area contributed by atoms with Gasteiger partial charge >= 0.3 is 5.97 Å². The van der Waals surface area contributed by atoms with Crippen molar-refractivity contribution in [2.24, 2.45) is 0 Å². The van der Waals surface area contributed by atoms with Crippen LogP contribution >= 0.6 is 0 Å². The number of ether oxygens (including phenoxy) is 3. The van der Waals surface area contributed by atoms with E-state index in [1.807, 2.05) is 0 Å². The van der Waals surface area contributed by atoms with E-state index in [0.29, 0.717) is 5.75 Å². The van der Waals surface area contributed by atoms with Crippen LogP contribution < -0.4 is 14.8 Å². The molecule has 0 saturated heterocycles. The molecule has 0 aromatic heterocycles. The SMILES string of the molecule is C=CCOc1cc(OC)ccc1C(=O)NC(COC)C(=O)O. The lowest BCUT2D eigenvalue weighted by molar-refractivity contribution is -0.140. The lowest BCUT2D eigenvalue weighted by Crippen LogP contribution is -2.43. The van der Waals surface area contributed by atoms with Gasteiger partial charge in [0.15, 0.2) is 6.04 Å². The van der Waals surface area contributed by atoms with Crippen LogP contribution in [0.25, 0.3) is 0 Å². The molecule has 1 aromatic carbocycles. The number of carboxylic acids is 1. The number of carbonyl (C=O) groups is 2. The summed E-state index contributed by atoms with van der Waals surface area (Å²) in [6.07, 6.45) is 1.53. The van der Waals surface area contributed by atoms with E-state index in [0.717, 1.165) is 0 Å². The summed E-state index contributed by atoms with van der Waals surface area (Å²) >= 11 is 0.